The number of guanidine groups is 1. The number of carbonyl (C=O) groups excluding carboxylic acids is 1. The van der Waals surface area contributed by atoms with E-state index in [2.05, 4.69) is 34.8 Å². The van der Waals surface area contributed by atoms with Crippen molar-refractivity contribution >= 4 is 12.1 Å². The molecule has 0 aromatic carbocycles. The summed E-state index contributed by atoms with van der Waals surface area (Å²) in [7, 11) is 1.73. The summed E-state index contributed by atoms with van der Waals surface area (Å²) in [6, 6.07) is -0.0645. The molecule has 0 aromatic heterocycles. The summed E-state index contributed by atoms with van der Waals surface area (Å²) in [6.07, 6.45) is 1.60. The molecule has 28 heavy (non-hydrogen) atoms. The minimum Gasteiger partial charge on any atom is -0.444 e. The first-order chi connectivity index (χ1) is 13.2. The molecule has 0 radical (unpaired) electrons. The van der Waals surface area contributed by atoms with Crippen molar-refractivity contribution in [1.29, 1.82) is 0 Å². The fourth-order valence-electron chi connectivity index (χ4n) is 2.69. The number of nitrogens with one attached hydrogen (secondary N) is 3. The average Bonchev–Trinajstić information content (AvgIpc) is 3.10. The summed E-state index contributed by atoms with van der Waals surface area (Å²) < 4.78 is 16.4. The molecule has 8 heteroatoms. The Morgan fingerprint density at radius 3 is 2.61 bits per heavy atom. The zero-order chi connectivity index (χ0) is 21.0. The van der Waals surface area contributed by atoms with Crippen molar-refractivity contribution in [3.63, 3.8) is 0 Å². The third kappa shape index (κ3) is 11.3. The van der Waals surface area contributed by atoms with Crippen LogP contribution in [0.25, 0.3) is 0 Å². The van der Waals surface area contributed by atoms with Gasteiger partial charge in [0.2, 0.25) is 0 Å². The average molecular weight is 401 g/mol. The number of amides is 1. The Bertz CT molecular complexity index is 471. The second-order valence-corrected chi connectivity index (χ2v) is 8.53. The molecule has 1 aliphatic rings. The van der Waals surface area contributed by atoms with Gasteiger partial charge in [0.1, 0.15) is 5.60 Å². The number of hydrogen-bond donors (Lipinski definition) is 3. The number of ether oxygens (including phenoxy) is 3. The third-order valence-electron chi connectivity index (χ3n) is 4.36. The Hall–Kier alpha value is -1.54. The van der Waals surface area contributed by atoms with Crippen LogP contribution in [0.15, 0.2) is 4.99 Å². The van der Waals surface area contributed by atoms with E-state index in [1.54, 1.807) is 7.05 Å². The lowest BCUT2D eigenvalue weighted by Gasteiger charge is -2.26. The highest BCUT2D eigenvalue weighted by atomic mass is 16.6. The molecule has 0 spiro atoms. The van der Waals surface area contributed by atoms with Gasteiger partial charge in [-0.3, -0.25) is 4.99 Å². The molecule has 0 saturated carbocycles. The molecular weight excluding hydrogens is 360 g/mol. The van der Waals surface area contributed by atoms with E-state index in [0.29, 0.717) is 18.4 Å². The normalized spacial score (nSPS) is 18.8. The van der Waals surface area contributed by atoms with Crippen molar-refractivity contribution < 1.29 is 19.0 Å². The van der Waals surface area contributed by atoms with Crippen molar-refractivity contribution in [2.24, 2.45) is 16.8 Å². The standard InChI is InChI=1S/C20H40N4O4/c1-15(2)17(24-19(25)28-20(3,4)5)12-23-18(21-6)22-9-7-10-26-13-16-8-11-27-14-16/h15-17H,7-14H2,1-6H3,(H,24,25)(H2,21,22,23). The molecule has 8 nitrogen and oxygen atoms in total. The lowest BCUT2D eigenvalue weighted by molar-refractivity contribution is 0.0491. The second kappa shape index (κ2) is 12.8. The summed E-state index contributed by atoms with van der Waals surface area (Å²) in [5.41, 5.74) is -0.510. The molecule has 1 rings (SSSR count). The van der Waals surface area contributed by atoms with Crippen molar-refractivity contribution in [2.75, 3.05) is 46.6 Å². The Labute approximate surface area is 170 Å². The van der Waals surface area contributed by atoms with Gasteiger partial charge < -0.3 is 30.2 Å². The molecule has 1 heterocycles. The van der Waals surface area contributed by atoms with Gasteiger partial charge in [-0.05, 0) is 39.5 Å². The smallest absolute Gasteiger partial charge is 0.407 e. The molecular formula is C20H40N4O4. The van der Waals surface area contributed by atoms with Crippen LogP contribution < -0.4 is 16.0 Å². The van der Waals surface area contributed by atoms with Gasteiger partial charge in [-0.25, -0.2) is 4.79 Å². The van der Waals surface area contributed by atoms with Gasteiger partial charge in [0.05, 0.1) is 19.3 Å². The molecule has 1 aliphatic heterocycles. The molecule has 1 amide bonds. The fourth-order valence-corrected chi connectivity index (χ4v) is 2.69. The predicted molar refractivity (Wildman–Crippen MR) is 112 cm³/mol. The molecule has 1 saturated heterocycles. The van der Waals surface area contributed by atoms with Gasteiger partial charge >= 0.3 is 6.09 Å². The van der Waals surface area contributed by atoms with Gasteiger partial charge in [0, 0.05) is 39.3 Å². The van der Waals surface area contributed by atoms with Crippen LogP contribution in [0.1, 0.15) is 47.5 Å². The highest BCUT2D eigenvalue weighted by Crippen LogP contribution is 2.12. The molecule has 2 atom stereocenters. The SMILES string of the molecule is CN=C(NCCCOCC1CCOC1)NCC(NC(=O)OC(C)(C)C)C(C)C. The summed E-state index contributed by atoms with van der Waals surface area (Å²) in [5, 5.41) is 9.47. The molecule has 0 aliphatic carbocycles. The number of nitrogens with zero attached hydrogens (tertiary/aromatic N) is 1. The monoisotopic (exact) mass is 400 g/mol. The highest BCUT2D eigenvalue weighted by molar-refractivity contribution is 5.79. The number of rotatable bonds is 10. The maximum Gasteiger partial charge on any atom is 0.407 e. The maximum absolute atomic E-state index is 12.0. The molecule has 0 aromatic rings. The number of aliphatic imine (C=N–C) groups is 1. The van der Waals surface area contributed by atoms with E-state index in [1.165, 1.54) is 0 Å². The first-order valence-corrected chi connectivity index (χ1v) is 10.3. The molecule has 0 bridgehead atoms. The van der Waals surface area contributed by atoms with Gasteiger partial charge in [-0.15, -0.1) is 0 Å². The summed E-state index contributed by atoms with van der Waals surface area (Å²) in [5.74, 6) is 1.51. The lowest BCUT2D eigenvalue weighted by atomic mass is 10.0. The number of hydrogen-bond acceptors (Lipinski definition) is 5. The number of carbonyl (C=O) groups is 1. The van der Waals surface area contributed by atoms with E-state index in [4.69, 9.17) is 14.2 Å². The van der Waals surface area contributed by atoms with Gasteiger partial charge in [0.15, 0.2) is 5.96 Å². The van der Waals surface area contributed by atoms with E-state index in [-0.39, 0.29) is 12.0 Å². The van der Waals surface area contributed by atoms with Crippen LogP contribution in [-0.4, -0.2) is 70.3 Å². The van der Waals surface area contributed by atoms with Crippen LogP contribution in [0, 0.1) is 11.8 Å². The Morgan fingerprint density at radius 2 is 2.04 bits per heavy atom. The minimum absolute atomic E-state index is 0.0645. The second-order valence-electron chi connectivity index (χ2n) is 8.53. The van der Waals surface area contributed by atoms with E-state index >= 15 is 0 Å². The molecule has 3 N–H and O–H groups in total. The van der Waals surface area contributed by atoms with Crippen molar-refractivity contribution in [3.8, 4) is 0 Å². The van der Waals surface area contributed by atoms with Crippen molar-refractivity contribution in [3.05, 3.63) is 0 Å². The molecule has 1 fully saturated rings. The highest BCUT2D eigenvalue weighted by Gasteiger charge is 2.21. The van der Waals surface area contributed by atoms with Gasteiger partial charge in [0.25, 0.3) is 0 Å². The maximum atomic E-state index is 12.0. The minimum atomic E-state index is -0.510. The molecule has 2 unspecified atom stereocenters. The largest absolute Gasteiger partial charge is 0.444 e. The van der Waals surface area contributed by atoms with Crippen LogP contribution in [0.5, 0.6) is 0 Å². The van der Waals surface area contributed by atoms with Gasteiger partial charge in [-0.2, -0.15) is 0 Å². The first kappa shape index (κ1) is 24.5. The zero-order valence-electron chi connectivity index (χ0n) is 18.5. The quantitative estimate of drug-likeness (QED) is 0.296. The van der Waals surface area contributed by atoms with Gasteiger partial charge in [-0.1, -0.05) is 13.8 Å². The fraction of sp³-hybridized carbons (Fsp3) is 0.900. The summed E-state index contributed by atoms with van der Waals surface area (Å²) in [6.45, 7) is 14.2. The van der Waals surface area contributed by atoms with E-state index in [1.807, 2.05) is 20.8 Å². The Kier molecular flexibility index (Phi) is 11.2. The first-order valence-electron chi connectivity index (χ1n) is 10.3. The Morgan fingerprint density at radius 1 is 1.29 bits per heavy atom. The zero-order valence-corrected chi connectivity index (χ0v) is 18.5. The van der Waals surface area contributed by atoms with E-state index < -0.39 is 11.7 Å². The number of alkyl carbamates (subject to hydrolysis) is 1. The topological polar surface area (TPSA) is 93.2 Å². The summed E-state index contributed by atoms with van der Waals surface area (Å²) >= 11 is 0. The van der Waals surface area contributed by atoms with Crippen LogP contribution in [0.4, 0.5) is 4.79 Å². The van der Waals surface area contributed by atoms with Crippen molar-refractivity contribution in [1.82, 2.24) is 16.0 Å². The lowest BCUT2D eigenvalue weighted by Crippen LogP contribution is -2.50. The summed E-state index contributed by atoms with van der Waals surface area (Å²) in [4.78, 5) is 16.3. The van der Waals surface area contributed by atoms with Crippen LogP contribution in [-0.2, 0) is 14.2 Å². The third-order valence-corrected chi connectivity index (χ3v) is 4.36. The predicted octanol–water partition coefficient (Wildman–Crippen LogP) is 2.14. The molecule has 164 valence electrons. The van der Waals surface area contributed by atoms with Crippen LogP contribution in [0.2, 0.25) is 0 Å². The van der Waals surface area contributed by atoms with Crippen molar-refractivity contribution in [2.45, 2.75) is 59.1 Å². The Balaban J connectivity index is 2.23. The van der Waals surface area contributed by atoms with E-state index in [9.17, 15) is 4.79 Å². The van der Waals surface area contributed by atoms with Crippen LogP contribution in [0.3, 0.4) is 0 Å². The van der Waals surface area contributed by atoms with Crippen LogP contribution >= 0.6 is 0 Å². The van der Waals surface area contributed by atoms with E-state index in [0.717, 1.165) is 45.8 Å².